The van der Waals surface area contributed by atoms with E-state index in [1.54, 1.807) is 0 Å². The van der Waals surface area contributed by atoms with Crippen LogP contribution >= 0.6 is 0 Å². The average Bonchev–Trinajstić information content (AvgIpc) is 2.86. The monoisotopic (exact) mass is 352 g/mol. The number of hydrogen-bond donors (Lipinski definition) is 1. The summed E-state index contributed by atoms with van der Waals surface area (Å²) < 4.78 is 39.6. The molecule has 1 amide bonds. The molecule has 10 heteroatoms. The van der Waals surface area contributed by atoms with Crippen molar-refractivity contribution >= 4 is 17.6 Å². The second-order valence-corrected chi connectivity index (χ2v) is 4.90. The van der Waals surface area contributed by atoms with E-state index in [1.165, 1.54) is 24.3 Å². The average molecular weight is 352 g/mol. The van der Waals surface area contributed by atoms with E-state index >= 15 is 0 Å². The molecule has 0 saturated heterocycles. The summed E-state index contributed by atoms with van der Waals surface area (Å²) in [7, 11) is 0. The number of pyridine rings is 1. The third-order valence-electron chi connectivity index (χ3n) is 3.06. The highest BCUT2D eigenvalue weighted by molar-refractivity contribution is 5.95. The molecule has 130 valence electrons. The Morgan fingerprint density at radius 1 is 1.16 bits per heavy atom. The molecule has 0 fully saturated rings. The minimum Gasteiger partial charge on any atom is -0.619 e. The summed E-state index contributed by atoms with van der Waals surface area (Å²) in [6, 6.07) is 6.17. The van der Waals surface area contributed by atoms with E-state index in [9.17, 15) is 23.6 Å². The van der Waals surface area contributed by atoms with Gasteiger partial charge in [0.2, 0.25) is 0 Å². The maximum absolute atomic E-state index is 12.9. The largest absolute Gasteiger partial charge is 0.619 e. The van der Waals surface area contributed by atoms with Gasteiger partial charge in [0.15, 0.2) is 30.5 Å². The van der Waals surface area contributed by atoms with Gasteiger partial charge in [-0.3, -0.25) is 4.79 Å². The number of halogens is 2. The predicted molar refractivity (Wildman–Crippen MR) is 77.0 cm³/mol. The van der Waals surface area contributed by atoms with Crippen LogP contribution in [0.25, 0.3) is 0 Å². The molecule has 8 nitrogen and oxygen atoms in total. The minimum atomic E-state index is -3.75. The van der Waals surface area contributed by atoms with Crippen LogP contribution in [0, 0.1) is 5.21 Å². The summed E-state index contributed by atoms with van der Waals surface area (Å²) in [5.41, 5.74) is 0.262. The number of carbonyl (C=O) groups excluding carboxylic acids is 2. The molecule has 0 spiro atoms. The number of alkyl halides is 2. The number of esters is 1. The summed E-state index contributed by atoms with van der Waals surface area (Å²) in [4.78, 5) is 23.5. The van der Waals surface area contributed by atoms with Crippen molar-refractivity contribution in [3.05, 3.63) is 53.5 Å². The van der Waals surface area contributed by atoms with Crippen LogP contribution in [0.5, 0.6) is 11.5 Å². The van der Waals surface area contributed by atoms with Gasteiger partial charge in [-0.2, -0.15) is 4.73 Å². The lowest BCUT2D eigenvalue weighted by Gasteiger charge is -2.07. The molecule has 0 radical (unpaired) electrons. The highest BCUT2D eigenvalue weighted by atomic mass is 19.3. The van der Waals surface area contributed by atoms with Crippen molar-refractivity contribution in [1.29, 1.82) is 0 Å². The summed E-state index contributed by atoms with van der Waals surface area (Å²) in [6.45, 7) is -0.601. The number of benzene rings is 1. The zero-order valence-electron chi connectivity index (χ0n) is 12.4. The Labute approximate surface area is 139 Å². The number of nitrogens with zero attached hydrogens (tertiary/aromatic N) is 1. The van der Waals surface area contributed by atoms with Gasteiger partial charge in [-0.15, -0.1) is 8.78 Å². The smallest absolute Gasteiger partial charge is 0.586 e. The molecule has 3 rings (SSSR count). The SMILES string of the molecule is O=C(COC(=O)c1cc[n+]([O-])cc1)Nc1ccc2c(c1)OC(F)(F)O2. The maximum Gasteiger partial charge on any atom is 0.586 e. The van der Waals surface area contributed by atoms with Gasteiger partial charge in [0.05, 0.1) is 5.56 Å². The second-order valence-electron chi connectivity index (χ2n) is 4.90. The quantitative estimate of drug-likeness (QED) is 0.508. The van der Waals surface area contributed by atoms with Crippen molar-refractivity contribution in [2.75, 3.05) is 11.9 Å². The van der Waals surface area contributed by atoms with Crippen LogP contribution in [0.1, 0.15) is 10.4 Å². The van der Waals surface area contributed by atoms with E-state index in [0.29, 0.717) is 4.73 Å². The number of ether oxygens (including phenoxy) is 3. The van der Waals surface area contributed by atoms with Gasteiger partial charge >= 0.3 is 12.3 Å². The van der Waals surface area contributed by atoms with E-state index in [-0.39, 0.29) is 22.7 Å². The Hall–Kier alpha value is -3.43. The first kappa shape index (κ1) is 16.4. The normalized spacial score (nSPS) is 14.0. The Bertz CT molecular complexity index is 825. The van der Waals surface area contributed by atoms with E-state index < -0.39 is 24.8 Å². The molecule has 0 atom stereocenters. The van der Waals surface area contributed by atoms with Crippen molar-refractivity contribution in [3.8, 4) is 11.5 Å². The van der Waals surface area contributed by atoms with Crippen molar-refractivity contribution < 1.29 is 37.3 Å². The van der Waals surface area contributed by atoms with Gasteiger partial charge < -0.3 is 24.7 Å². The topological polar surface area (TPSA) is 101 Å². The Kier molecular flexibility index (Phi) is 4.09. The van der Waals surface area contributed by atoms with E-state index in [4.69, 9.17) is 4.74 Å². The predicted octanol–water partition coefficient (Wildman–Crippen LogP) is 1.44. The van der Waals surface area contributed by atoms with Gasteiger partial charge in [0.25, 0.3) is 5.91 Å². The number of aromatic nitrogens is 1. The Balaban J connectivity index is 1.55. The first-order chi connectivity index (χ1) is 11.8. The van der Waals surface area contributed by atoms with Gasteiger partial charge in [0.1, 0.15) is 0 Å². The number of amides is 1. The molecule has 1 aliphatic heterocycles. The molecule has 1 aromatic heterocycles. The molecular formula is C15H10F2N2O6. The molecule has 0 unspecified atom stereocenters. The molecule has 2 heterocycles. The van der Waals surface area contributed by atoms with Crippen LogP contribution in [0.2, 0.25) is 0 Å². The number of rotatable bonds is 4. The zero-order valence-corrected chi connectivity index (χ0v) is 12.4. The fourth-order valence-corrected chi connectivity index (χ4v) is 1.99. The van der Waals surface area contributed by atoms with E-state index in [0.717, 1.165) is 18.5 Å². The molecule has 2 aromatic rings. The molecular weight excluding hydrogens is 342 g/mol. The van der Waals surface area contributed by atoms with Crippen LogP contribution in [0.4, 0.5) is 14.5 Å². The zero-order chi connectivity index (χ0) is 18.0. The van der Waals surface area contributed by atoms with E-state index in [2.05, 4.69) is 14.8 Å². The van der Waals surface area contributed by atoms with Gasteiger partial charge in [-0.1, -0.05) is 0 Å². The minimum absolute atomic E-state index is 0.102. The van der Waals surface area contributed by atoms with Crippen molar-refractivity contribution in [2.24, 2.45) is 0 Å². The number of fused-ring (bicyclic) bond motifs is 1. The third-order valence-corrected chi connectivity index (χ3v) is 3.06. The molecule has 0 bridgehead atoms. The molecule has 0 aliphatic carbocycles. The number of hydrogen-bond acceptors (Lipinski definition) is 6. The van der Waals surface area contributed by atoms with Crippen molar-refractivity contribution in [2.45, 2.75) is 6.29 Å². The third kappa shape index (κ3) is 3.91. The van der Waals surface area contributed by atoms with Crippen LogP contribution < -0.4 is 19.5 Å². The lowest BCUT2D eigenvalue weighted by molar-refractivity contribution is -0.605. The Morgan fingerprint density at radius 3 is 2.56 bits per heavy atom. The molecule has 1 aromatic carbocycles. The van der Waals surface area contributed by atoms with Crippen LogP contribution in [0.3, 0.4) is 0 Å². The highest BCUT2D eigenvalue weighted by Gasteiger charge is 2.43. The number of anilines is 1. The van der Waals surface area contributed by atoms with Crippen LogP contribution in [-0.4, -0.2) is 24.8 Å². The number of carbonyl (C=O) groups is 2. The summed E-state index contributed by atoms with van der Waals surface area (Å²) >= 11 is 0. The first-order valence-electron chi connectivity index (χ1n) is 6.88. The fourth-order valence-electron chi connectivity index (χ4n) is 1.99. The maximum atomic E-state index is 12.9. The molecule has 1 aliphatic rings. The first-order valence-corrected chi connectivity index (χ1v) is 6.88. The molecule has 25 heavy (non-hydrogen) atoms. The highest BCUT2D eigenvalue weighted by Crippen LogP contribution is 2.42. The Morgan fingerprint density at radius 2 is 1.84 bits per heavy atom. The second kappa shape index (κ2) is 6.23. The number of nitrogens with one attached hydrogen (secondary N) is 1. The summed E-state index contributed by atoms with van der Waals surface area (Å²) in [5, 5.41) is 13.2. The van der Waals surface area contributed by atoms with Gasteiger partial charge in [-0.05, 0) is 12.1 Å². The van der Waals surface area contributed by atoms with E-state index in [1.807, 2.05) is 0 Å². The lowest BCUT2D eigenvalue weighted by Crippen LogP contribution is -2.26. The standard InChI is InChI=1S/C15H10F2N2O6/c16-15(17)24-11-2-1-10(7-12(11)25-15)18-13(20)8-23-14(21)9-3-5-19(22)6-4-9/h1-7H,8H2,(H,18,20). The van der Waals surface area contributed by atoms with Crippen molar-refractivity contribution in [1.82, 2.24) is 0 Å². The summed E-state index contributed by atoms with van der Waals surface area (Å²) in [5.74, 6) is -1.86. The lowest BCUT2D eigenvalue weighted by atomic mass is 10.2. The molecule has 1 N–H and O–H groups in total. The van der Waals surface area contributed by atoms with Gasteiger partial charge in [-0.25, -0.2) is 4.79 Å². The van der Waals surface area contributed by atoms with Crippen LogP contribution in [-0.2, 0) is 9.53 Å². The van der Waals surface area contributed by atoms with Gasteiger partial charge in [0, 0.05) is 23.9 Å². The summed E-state index contributed by atoms with van der Waals surface area (Å²) in [6.07, 6.45) is -1.53. The molecule has 0 saturated carbocycles. The van der Waals surface area contributed by atoms with Crippen molar-refractivity contribution in [3.63, 3.8) is 0 Å². The fraction of sp³-hybridized carbons (Fsp3) is 0.133. The van der Waals surface area contributed by atoms with Crippen LogP contribution in [0.15, 0.2) is 42.7 Å².